The second kappa shape index (κ2) is 15.9. The van der Waals surface area contributed by atoms with Crippen molar-refractivity contribution in [1.29, 1.82) is 0 Å². The van der Waals surface area contributed by atoms with Crippen LogP contribution in [0.5, 0.6) is 5.75 Å². The van der Waals surface area contributed by atoms with Crippen molar-refractivity contribution >= 4 is 29.6 Å². The predicted molar refractivity (Wildman–Crippen MR) is 149 cm³/mol. The van der Waals surface area contributed by atoms with Crippen molar-refractivity contribution in [3.63, 3.8) is 0 Å². The van der Waals surface area contributed by atoms with E-state index in [9.17, 15) is 39.3 Å². The number of carbonyl (C=O) groups excluding carboxylic acids is 4. The van der Waals surface area contributed by atoms with E-state index in [1.54, 1.807) is 12.1 Å². The average molecular weight is 578 g/mol. The third kappa shape index (κ3) is 10.3. The van der Waals surface area contributed by atoms with Gasteiger partial charge in [-0.25, -0.2) is 4.79 Å². The van der Waals surface area contributed by atoms with Crippen LogP contribution in [0.4, 0.5) is 0 Å². The van der Waals surface area contributed by atoms with Crippen molar-refractivity contribution < 1.29 is 39.3 Å². The Morgan fingerprint density at radius 1 is 1.02 bits per heavy atom. The van der Waals surface area contributed by atoms with Crippen LogP contribution in [0.3, 0.4) is 0 Å². The molecule has 0 unspecified atom stereocenters. The quantitative estimate of drug-likeness (QED) is 0.145. The highest BCUT2D eigenvalue weighted by Gasteiger charge is 2.40. The number of hydrogen-bond acceptors (Lipinski definition) is 8. The summed E-state index contributed by atoms with van der Waals surface area (Å²) in [6.07, 6.45) is 0.372. The topological polar surface area (TPSA) is 211 Å². The zero-order chi connectivity index (χ0) is 30.7. The monoisotopic (exact) mass is 577 g/mol. The molecule has 0 bridgehead atoms. The van der Waals surface area contributed by atoms with Gasteiger partial charge in [0.25, 0.3) is 0 Å². The number of aliphatic hydroxyl groups excluding tert-OH is 1. The summed E-state index contributed by atoms with van der Waals surface area (Å²) in [4.78, 5) is 65.4. The van der Waals surface area contributed by atoms with Crippen molar-refractivity contribution in [3.05, 3.63) is 29.8 Å². The molecule has 0 spiro atoms. The summed E-state index contributed by atoms with van der Waals surface area (Å²) < 4.78 is 0. The summed E-state index contributed by atoms with van der Waals surface area (Å²) in [5, 5.41) is 36.5. The molecule has 1 aliphatic rings. The minimum absolute atomic E-state index is 0.0135. The van der Waals surface area contributed by atoms with Crippen LogP contribution >= 0.6 is 0 Å². The second-order valence-corrected chi connectivity index (χ2v) is 10.8. The first kappa shape index (κ1) is 33.5. The molecule has 0 aliphatic carbocycles. The maximum Gasteiger partial charge on any atom is 0.328 e. The molecule has 1 fully saturated rings. The lowest BCUT2D eigenvalue weighted by Gasteiger charge is -2.31. The van der Waals surface area contributed by atoms with Crippen LogP contribution in [0.1, 0.15) is 58.4 Å². The number of nitrogens with one attached hydrogen (secondary N) is 3. The molecule has 4 amide bonds. The highest BCUT2D eigenvalue weighted by Crippen LogP contribution is 2.21. The Balaban J connectivity index is 2.24. The van der Waals surface area contributed by atoms with Gasteiger partial charge < -0.3 is 41.9 Å². The third-order valence-corrected chi connectivity index (χ3v) is 6.84. The van der Waals surface area contributed by atoms with Crippen LogP contribution in [-0.2, 0) is 30.4 Å². The molecule has 13 nitrogen and oxygen atoms in total. The van der Waals surface area contributed by atoms with Gasteiger partial charge in [0, 0.05) is 19.4 Å². The Morgan fingerprint density at radius 3 is 2.24 bits per heavy atom. The van der Waals surface area contributed by atoms with E-state index in [0.717, 1.165) is 0 Å². The largest absolute Gasteiger partial charge is 0.508 e. The van der Waals surface area contributed by atoms with Crippen LogP contribution in [0, 0.1) is 5.92 Å². The summed E-state index contributed by atoms with van der Waals surface area (Å²) in [5.74, 6) is -3.51. The lowest BCUT2D eigenvalue weighted by atomic mass is 10.00. The molecule has 228 valence electrons. The number of amides is 4. The Morgan fingerprint density at radius 2 is 1.68 bits per heavy atom. The average Bonchev–Trinajstić information content (AvgIpc) is 3.40. The molecule has 2 rings (SSSR count). The molecule has 41 heavy (non-hydrogen) atoms. The molecule has 1 saturated heterocycles. The number of rotatable bonds is 15. The number of hydrogen-bond donors (Lipinski definition) is 7. The number of carboxylic acid groups (broad SMARTS) is 1. The number of aromatic hydroxyl groups is 1. The highest BCUT2D eigenvalue weighted by molar-refractivity contribution is 5.95. The lowest BCUT2D eigenvalue weighted by molar-refractivity contribution is -0.147. The fourth-order valence-corrected chi connectivity index (χ4v) is 4.71. The first-order chi connectivity index (χ1) is 19.3. The molecule has 1 heterocycles. The van der Waals surface area contributed by atoms with Crippen LogP contribution < -0.4 is 21.7 Å². The fourth-order valence-electron chi connectivity index (χ4n) is 4.71. The molecule has 8 N–H and O–H groups in total. The molecule has 1 aromatic carbocycles. The maximum absolute atomic E-state index is 13.7. The maximum atomic E-state index is 13.7. The minimum Gasteiger partial charge on any atom is -0.508 e. The second-order valence-electron chi connectivity index (χ2n) is 10.8. The normalized spacial score (nSPS) is 17.8. The summed E-state index contributed by atoms with van der Waals surface area (Å²) in [6, 6.07) is 1.67. The first-order valence-electron chi connectivity index (χ1n) is 13.9. The molecule has 1 aliphatic heterocycles. The number of likely N-dealkylation sites (tertiary alicyclic amines) is 1. The highest BCUT2D eigenvalue weighted by atomic mass is 16.4. The van der Waals surface area contributed by atoms with Gasteiger partial charge in [0.05, 0.1) is 6.10 Å². The molecule has 1 aromatic rings. The number of phenolic OH excluding ortho intramolecular Hbond substituents is 1. The summed E-state index contributed by atoms with van der Waals surface area (Å²) in [5.41, 5.74) is 6.18. The number of aliphatic carboxylic acids is 1. The number of carbonyl (C=O) groups is 5. The van der Waals surface area contributed by atoms with E-state index in [1.165, 1.54) is 24.0 Å². The van der Waals surface area contributed by atoms with Crippen molar-refractivity contribution in [1.82, 2.24) is 20.9 Å². The van der Waals surface area contributed by atoms with Gasteiger partial charge in [-0.3, -0.25) is 19.2 Å². The number of nitrogens with two attached hydrogens (primary N) is 1. The van der Waals surface area contributed by atoms with E-state index in [1.807, 2.05) is 13.8 Å². The van der Waals surface area contributed by atoms with Crippen molar-refractivity contribution in [2.24, 2.45) is 11.7 Å². The van der Waals surface area contributed by atoms with Crippen molar-refractivity contribution in [2.75, 3.05) is 13.1 Å². The number of phenols is 1. The SMILES string of the molecule is CC(C)C[C@H](NC(=O)[C@H](Cc1ccc(O)cc1)NC(=O)CCCN)C(=O)N1CCC[C@H]1C(=O)N[C@H](C(=O)O)[C@@H](C)O. The Hall–Kier alpha value is -3.71. The Labute approximate surface area is 239 Å². The predicted octanol–water partition coefficient (Wildman–Crippen LogP) is -0.369. The van der Waals surface area contributed by atoms with Crippen LogP contribution in [0.25, 0.3) is 0 Å². The van der Waals surface area contributed by atoms with Gasteiger partial charge in [-0.15, -0.1) is 0 Å². The van der Waals surface area contributed by atoms with Gasteiger partial charge in [0.2, 0.25) is 23.6 Å². The number of aliphatic hydroxyl groups is 1. The van der Waals surface area contributed by atoms with Crippen LogP contribution in [0.15, 0.2) is 24.3 Å². The molecule has 0 aromatic heterocycles. The van der Waals surface area contributed by atoms with Gasteiger partial charge in [0.15, 0.2) is 6.04 Å². The standard InChI is InChI=1S/C28H43N5O8/c1-16(2)14-21(27(39)33-13-5-6-22(33)26(38)32-24(17(3)34)28(40)41)31-25(37)20(30-23(36)7-4-12-29)15-18-8-10-19(35)11-9-18/h8-11,16-17,20-22,24,34-35H,4-7,12-15,29H2,1-3H3,(H,30,36)(H,31,37)(H,32,38)(H,40,41)/t17-,20+,21+,22+,24+/m1/s1. The van der Waals surface area contributed by atoms with Gasteiger partial charge >= 0.3 is 5.97 Å². The van der Waals surface area contributed by atoms with Gasteiger partial charge in [-0.2, -0.15) is 0 Å². The number of carboxylic acids is 1. The number of nitrogens with zero attached hydrogens (tertiary/aromatic N) is 1. The minimum atomic E-state index is -1.53. The molecule has 5 atom stereocenters. The summed E-state index contributed by atoms with van der Waals surface area (Å²) in [6.45, 7) is 5.55. The van der Waals surface area contributed by atoms with Crippen molar-refractivity contribution in [3.8, 4) is 5.75 Å². The molecule has 13 heteroatoms. The third-order valence-electron chi connectivity index (χ3n) is 6.84. The van der Waals surface area contributed by atoms with E-state index >= 15 is 0 Å². The van der Waals surface area contributed by atoms with Crippen LogP contribution in [0.2, 0.25) is 0 Å². The van der Waals surface area contributed by atoms with Gasteiger partial charge in [-0.05, 0) is 62.8 Å². The smallest absolute Gasteiger partial charge is 0.328 e. The zero-order valence-electron chi connectivity index (χ0n) is 23.8. The molecule has 0 radical (unpaired) electrons. The Bertz CT molecular complexity index is 1060. The Kier molecular flexibility index (Phi) is 13.0. The fraction of sp³-hybridized carbons (Fsp3) is 0.607. The molecule has 0 saturated carbocycles. The summed E-state index contributed by atoms with van der Waals surface area (Å²) >= 11 is 0. The van der Waals surface area contributed by atoms with E-state index in [0.29, 0.717) is 31.4 Å². The van der Waals surface area contributed by atoms with Crippen LogP contribution in [-0.4, -0.2) is 93.2 Å². The van der Waals surface area contributed by atoms with E-state index in [-0.39, 0.29) is 43.4 Å². The molecular formula is C28H43N5O8. The van der Waals surface area contributed by atoms with Gasteiger partial charge in [0.1, 0.15) is 23.9 Å². The first-order valence-corrected chi connectivity index (χ1v) is 13.9. The molecular weight excluding hydrogens is 534 g/mol. The summed E-state index contributed by atoms with van der Waals surface area (Å²) in [7, 11) is 0. The van der Waals surface area contributed by atoms with E-state index in [2.05, 4.69) is 16.0 Å². The lowest BCUT2D eigenvalue weighted by Crippen LogP contribution is -2.58. The van der Waals surface area contributed by atoms with E-state index < -0.39 is 54.0 Å². The van der Waals surface area contributed by atoms with Gasteiger partial charge in [-0.1, -0.05) is 26.0 Å². The van der Waals surface area contributed by atoms with E-state index in [4.69, 9.17) is 5.73 Å². The number of benzene rings is 1. The zero-order valence-corrected chi connectivity index (χ0v) is 23.8. The van der Waals surface area contributed by atoms with Crippen molar-refractivity contribution in [2.45, 2.75) is 89.6 Å².